The molecule has 10 aliphatic rings. The third kappa shape index (κ3) is 12.7. The first-order chi connectivity index (χ1) is 60.5. The minimum absolute atomic E-state index is 0. The number of aromatic hydroxyl groups is 10. The van der Waals surface area contributed by atoms with Gasteiger partial charge in [-0.05, 0) is 152 Å². The Hall–Kier alpha value is -17.7. The molecule has 15 aromatic carbocycles. The highest BCUT2D eigenvalue weighted by Crippen LogP contribution is 2.64. The van der Waals surface area contributed by atoms with Crippen LogP contribution in [-0.4, -0.2) is 80.9 Å². The first kappa shape index (κ1) is 85.8. The number of ether oxygens (including phenoxy) is 10. The van der Waals surface area contributed by atoms with Crippen LogP contribution in [0.15, 0.2) is 303 Å². The number of halogens is 5. The van der Waals surface area contributed by atoms with Gasteiger partial charge >= 0.3 is 29.8 Å². The van der Waals surface area contributed by atoms with E-state index in [9.17, 15) is 75.0 Å². The number of esters is 5. The normalized spacial score (nSPS) is 15.2. The van der Waals surface area contributed by atoms with Gasteiger partial charge in [0.2, 0.25) is 0 Å². The predicted octanol–water partition coefficient (Wildman–Crippen LogP) is 3.35. The van der Waals surface area contributed by atoms with Crippen LogP contribution in [-0.2, 0) is 51.7 Å². The molecule has 5 spiro atoms. The summed E-state index contributed by atoms with van der Waals surface area (Å²) < 4.78 is 58.9. The predicted molar refractivity (Wildman–Crippen MR) is 440 cm³/mol. The van der Waals surface area contributed by atoms with Crippen LogP contribution in [0, 0.1) is 0 Å². The number of phenols is 10. The molecule has 15 aromatic rings. The van der Waals surface area contributed by atoms with Crippen molar-refractivity contribution in [2.75, 3.05) is 0 Å². The Morgan fingerprint density at radius 1 is 0.154 bits per heavy atom. The molecule has 25 nitrogen and oxygen atoms in total. The van der Waals surface area contributed by atoms with Crippen molar-refractivity contribution in [3.8, 4) is 115 Å². The third-order valence-electron chi connectivity index (χ3n) is 23.4. The van der Waals surface area contributed by atoms with E-state index in [0.29, 0.717) is 169 Å². The van der Waals surface area contributed by atoms with E-state index in [0.717, 1.165) is 0 Å². The lowest BCUT2D eigenvalue weighted by atomic mass is 9.77. The topological polar surface area (TPSA) is 380 Å². The summed E-state index contributed by atoms with van der Waals surface area (Å²) in [5, 5.41) is 98.3. The average Bonchev–Trinajstić information content (AvgIpc) is 1.50. The molecule has 10 aliphatic heterocycles. The maximum atomic E-state index is 12.5. The Kier molecular flexibility index (Phi) is 20.8. The summed E-state index contributed by atoms with van der Waals surface area (Å²) in [4.78, 5) is 62.7. The van der Waals surface area contributed by atoms with Gasteiger partial charge in [0.15, 0.2) is 28.0 Å². The number of hydrogen-bond acceptors (Lipinski definition) is 25. The summed E-state index contributed by atoms with van der Waals surface area (Å²) >= 11 is 0. The Bertz CT molecular complexity index is 6030. The van der Waals surface area contributed by atoms with Gasteiger partial charge < -0.3 is 122 Å². The standard InChI is InChI=1S/5C20H12O5.5FH/c5*21-11-5-7-15-17(9-11)24-18-10-12(22)6-8-16(18)20(15)14-4-2-1-3-13(14)19(23)25-20;;;;;/h5*1-10,21-22H;5*1H/p-5. The summed E-state index contributed by atoms with van der Waals surface area (Å²) in [6, 6.07) is 82.9. The Balaban J connectivity index is 0.000000118. The summed E-state index contributed by atoms with van der Waals surface area (Å²) in [6.07, 6.45) is 0. The van der Waals surface area contributed by atoms with E-state index >= 15 is 0 Å². The summed E-state index contributed by atoms with van der Waals surface area (Å²) in [7, 11) is 0. The molecule has 0 aliphatic carbocycles. The van der Waals surface area contributed by atoms with Crippen LogP contribution in [0.2, 0.25) is 0 Å². The largest absolute Gasteiger partial charge is 1.00 e. The zero-order valence-corrected chi connectivity index (χ0v) is 66.4. The van der Waals surface area contributed by atoms with E-state index in [1.807, 2.05) is 60.7 Å². The summed E-state index contributed by atoms with van der Waals surface area (Å²) in [6.45, 7) is 0. The number of rotatable bonds is 0. The zero-order valence-electron chi connectivity index (χ0n) is 66.4. The fraction of sp³-hybridized carbons (Fsp3) is 0.0500. The molecule has 10 N–H and O–H groups in total. The molecule has 0 bridgehead atoms. The van der Waals surface area contributed by atoms with Crippen LogP contribution in [0.1, 0.15) is 135 Å². The molecule has 0 fully saturated rings. The smallest absolute Gasteiger partial charge is 0.340 e. The number of benzene rings is 15. The molecule has 0 saturated carbocycles. The van der Waals surface area contributed by atoms with E-state index in [1.54, 1.807) is 121 Å². The highest BCUT2D eigenvalue weighted by molar-refractivity contribution is 6.01. The van der Waals surface area contributed by atoms with Gasteiger partial charge in [-0.2, -0.15) is 0 Å². The molecule has 0 saturated heterocycles. The van der Waals surface area contributed by atoms with Crippen molar-refractivity contribution in [2.45, 2.75) is 28.0 Å². The lowest BCUT2D eigenvalue weighted by Crippen LogP contribution is -3.00. The van der Waals surface area contributed by atoms with Crippen LogP contribution >= 0.6 is 0 Å². The van der Waals surface area contributed by atoms with Gasteiger partial charge in [0.1, 0.15) is 115 Å². The van der Waals surface area contributed by atoms with Crippen LogP contribution in [0.3, 0.4) is 0 Å². The molecule has 30 heteroatoms. The SMILES string of the molecule is O=C1OC2(c3ccc(O)cc3Oc3cc(O)ccc32)c2ccccc21.O=C1OC2(c3ccc(O)cc3Oc3cc(O)ccc32)c2ccccc21.O=C1OC2(c3ccc(O)cc3Oc3cc(O)ccc32)c2ccccc21.O=C1OC2(c3ccc(O)cc3Oc3cc(O)ccc32)c2ccccc21.O=C1OC2(c3ccc(O)cc3Oc3cc(O)ccc32)c2ccccc21.[F-].[F-].[F-].[F-].[F-]. The molecule has 0 radical (unpaired) electrons. The lowest BCUT2D eigenvalue weighted by molar-refractivity contribution is -0.00100. The van der Waals surface area contributed by atoms with E-state index in [-0.39, 0.29) is 81.0 Å². The molecule has 650 valence electrons. The number of hydrogen-bond donors (Lipinski definition) is 10. The van der Waals surface area contributed by atoms with Gasteiger partial charge in [-0.1, -0.05) is 91.0 Å². The van der Waals surface area contributed by atoms with Gasteiger partial charge in [0, 0.05) is 144 Å². The maximum Gasteiger partial charge on any atom is 0.340 e. The number of fused-ring (bicyclic) bond motifs is 30. The number of phenolic OH excluding ortho intramolecular Hbond substituents is 10. The van der Waals surface area contributed by atoms with Crippen molar-refractivity contribution >= 4 is 29.8 Å². The molecule has 130 heavy (non-hydrogen) atoms. The van der Waals surface area contributed by atoms with Crippen molar-refractivity contribution in [3.63, 3.8) is 0 Å². The Morgan fingerprint density at radius 2 is 0.269 bits per heavy atom. The fourth-order valence-electron chi connectivity index (χ4n) is 18.3. The van der Waals surface area contributed by atoms with Crippen molar-refractivity contribution in [1.29, 1.82) is 0 Å². The average molecular weight is 1760 g/mol. The van der Waals surface area contributed by atoms with Crippen LogP contribution in [0.5, 0.6) is 115 Å². The van der Waals surface area contributed by atoms with Gasteiger partial charge in [-0.3, -0.25) is 0 Å². The minimum atomic E-state index is -1.17. The summed E-state index contributed by atoms with van der Waals surface area (Å²) in [5.74, 6) is 2.04. The second kappa shape index (κ2) is 31.5. The second-order valence-corrected chi connectivity index (χ2v) is 30.4. The van der Waals surface area contributed by atoms with E-state index < -0.39 is 57.9 Å². The molecule has 0 amide bonds. The first-order valence-electron chi connectivity index (χ1n) is 38.9. The van der Waals surface area contributed by atoms with Crippen molar-refractivity contribution in [1.82, 2.24) is 0 Å². The Morgan fingerprint density at radius 3 is 0.392 bits per heavy atom. The van der Waals surface area contributed by atoms with Crippen molar-refractivity contribution in [2.24, 2.45) is 0 Å². The number of carbonyl (C=O) groups is 5. The molecule has 0 unspecified atom stereocenters. The van der Waals surface area contributed by atoms with Crippen LogP contribution in [0.4, 0.5) is 0 Å². The lowest BCUT2D eigenvalue weighted by Gasteiger charge is -2.36. The monoisotopic (exact) mass is 1760 g/mol. The van der Waals surface area contributed by atoms with Crippen LogP contribution < -0.4 is 47.2 Å². The van der Waals surface area contributed by atoms with E-state index in [4.69, 9.17) is 47.4 Å². The highest BCUT2D eigenvalue weighted by atomic mass is 19.0. The van der Waals surface area contributed by atoms with Gasteiger partial charge in [0.25, 0.3) is 0 Å². The Labute approximate surface area is 729 Å². The van der Waals surface area contributed by atoms with E-state index in [1.165, 1.54) is 121 Å². The summed E-state index contributed by atoms with van der Waals surface area (Å²) in [5.41, 5.74) is 6.42. The van der Waals surface area contributed by atoms with E-state index in [2.05, 4.69) is 0 Å². The molecule has 25 rings (SSSR count). The second-order valence-electron chi connectivity index (χ2n) is 30.4. The molecule has 0 atom stereocenters. The fourth-order valence-corrected chi connectivity index (χ4v) is 18.3. The maximum absolute atomic E-state index is 12.5. The quantitative estimate of drug-likeness (QED) is 0.0591. The molecular weight excluding hydrogens is 1700 g/mol. The van der Waals surface area contributed by atoms with Crippen molar-refractivity contribution < 1.29 is 146 Å². The first-order valence-corrected chi connectivity index (χ1v) is 38.9. The molecule has 0 aromatic heterocycles. The zero-order chi connectivity index (χ0) is 85.9. The molecule has 10 heterocycles. The van der Waals surface area contributed by atoms with Gasteiger partial charge in [-0.15, -0.1) is 0 Å². The van der Waals surface area contributed by atoms with Crippen LogP contribution in [0.25, 0.3) is 0 Å². The highest BCUT2D eigenvalue weighted by Gasteiger charge is 2.59. The molecular formula is C100H60F5O25-5. The minimum Gasteiger partial charge on any atom is -1.00 e. The van der Waals surface area contributed by atoms with Gasteiger partial charge in [-0.25, -0.2) is 24.0 Å². The van der Waals surface area contributed by atoms with Crippen molar-refractivity contribution in [3.05, 3.63) is 415 Å². The number of carbonyl (C=O) groups excluding carboxylic acids is 5. The van der Waals surface area contributed by atoms with Gasteiger partial charge in [0.05, 0.1) is 27.8 Å². The third-order valence-corrected chi connectivity index (χ3v) is 23.4.